The van der Waals surface area contributed by atoms with Gasteiger partial charge >= 0.3 is 6.03 Å². The van der Waals surface area contributed by atoms with Gasteiger partial charge in [-0.05, 0) is 19.9 Å². The summed E-state index contributed by atoms with van der Waals surface area (Å²) in [5.74, 6) is 0. The molecule has 1 aliphatic heterocycles. The van der Waals surface area contributed by atoms with E-state index in [9.17, 15) is 14.9 Å². The molecule has 1 saturated heterocycles. The van der Waals surface area contributed by atoms with Crippen LogP contribution in [0, 0.1) is 10.1 Å². The molecule has 24 heavy (non-hydrogen) atoms. The molecule has 9 heteroatoms. The van der Waals surface area contributed by atoms with Crippen molar-refractivity contribution in [2.45, 2.75) is 19.9 Å². The number of urea groups is 1. The van der Waals surface area contributed by atoms with E-state index < -0.39 is 4.92 Å². The van der Waals surface area contributed by atoms with Crippen molar-refractivity contribution in [2.75, 3.05) is 31.1 Å². The lowest BCUT2D eigenvalue weighted by Gasteiger charge is -2.34. The molecule has 3 rings (SSSR count). The lowest BCUT2D eigenvalue weighted by Crippen LogP contribution is -2.52. The molecule has 1 N–H and O–H groups in total. The van der Waals surface area contributed by atoms with Crippen LogP contribution in [0.5, 0.6) is 0 Å². The minimum atomic E-state index is -0.398. The number of nitrogens with zero attached hydrogens (tertiary/aromatic N) is 4. The molecule has 1 fully saturated rings. The highest BCUT2D eigenvalue weighted by atomic mass is 32.1. The fourth-order valence-electron chi connectivity index (χ4n) is 2.59. The van der Waals surface area contributed by atoms with Gasteiger partial charge in [0.05, 0.1) is 15.1 Å². The van der Waals surface area contributed by atoms with E-state index in [-0.39, 0.29) is 17.8 Å². The Morgan fingerprint density at radius 3 is 2.67 bits per heavy atom. The molecule has 0 bridgehead atoms. The number of rotatable bonds is 3. The van der Waals surface area contributed by atoms with Crippen LogP contribution in [0.1, 0.15) is 13.8 Å². The number of aromatic nitrogens is 1. The van der Waals surface area contributed by atoms with E-state index in [2.05, 4.69) is 15.2 Å². The molecular weight excluding hydrogens is 330 g/mol. The predicted molar refractivity (Wildman–Crippen MR) is 93.7 cm³/mol. The van der Waals surface area contributed by atoms with E-state index in [1.165, 1.54) is 17.4 Å². The van der Waals surface area contributed by atoms with Crippen LogP contribution in [0.4, 0.5) is 15.6 Å². The topological polar surface area (TPSA) is 91.6 Å². The maximum atomic E-state index is 12.0. The maximum Gasteiger partial charge on any atom is 0.317 e. The second-order valence-electron chi connectivity index (χ2n) is 5.98. The number of carbonyl (C=O) groups is 1. The number of fused-ring (bicyclic) bond motifs is 1. The van der Waals surface area contributed by atoms with Gasteiger partial charge in [0, 0.05) is 44.4 Å². The number of nitrogens with one attached hydrogen (secondary N) is 1. The molecular formula is C15H19N5O3S. The van der Waals surface area contributed by atoms with E-state index in [1.807, 2.05) is 13.8 Å². The standard InChI is InChI=1S/C15H19N5O3S/c1-10(2)16-14(21)18-5-7-19(8-6-18)15-17-12-4-3-11(20(22)23)9-13(12)24-15/h3-4,9-10H,5-8H2,1-2H3,(H,16,21). The highest BCUT2D eigenvalue weighted by Gasteiger charge is 2.23. The van der Waals surface area contributed by atoms with Crippen LogP contribution >= 0.6 is 11.3 Å². The zero-order chi connectivity index (χ0) is 17.3. The van der Waals surface area contributed by atoms with Gasteiger partial charge in [-0.25, -0.2) is 9.78 Å². The fourth-order valence-corrected chi connectivity index (χ4v) is 3.64. The van der Waals surface area contributed by atoms with Gasteiger partial charge in [-0.1, -0.05) is 11.3 Å². The number of hydrogen-bond acceptors (Lipinski definition) is 6. The van der Waals surface area contributed by atoms with E-state index in [4.69, 9.17) is 0 Å². The zero-order valence-corrected chi connectivity index (χ0v) is 14.4. The number of hydrogen-bond donors (Lipinski definition) is 1. The van der Waals surface area contributed by atoms with Gasteiger partial charge in [0.1, 0.15) is 0 Å². The largest absolute Gasteiger partial charge is 0.345 e. The number of thiazole rings is 1. The molecule has 2 aromatic rings. The van der Waals surface area contributed by atoms with Crippen molar-refractivity contribution >= 4 is 38.4 Å². The Hall–Kier alpha value is -2.42. The molecule has 8 nitrogen and oxygen atoms in total. The molecule has 0 unspecified atom stereocenters. The van der Waals surface area contributed by atoms with Crippen molar-refractivity contribution in [2.24, 2.45) is 0 Å². The van der Waals surface area contributed by atoms with Crippen molar-refractivity contribution in [1.82, 2.24) is 15.2 Å². The molecule has 2 heterocycles. The van der Waals surface area contributed by atoms with E-state index >= 15 is 0 Å². The molecule has 0 aliphatic carbocycles. The van der Waals surface area contributed by atoms with Gasteiger partial charge < -0.3 is 15.1 Å². The Kier molecular flexibility index (Phi) is 4.52. The third-order valence-electron chi connectivity index (χ3n) is 3.82. The molecule has 0 radical (unpaired) electrons. The van der Waals surface area contributed by atoms with Crippen molar-refractivity contribution in [3.8, 4) is 0 Å². The summed E-state index contributed by atoms with van der Waals surface area (Å²) in [7, 11) is 0. The Balaban J connectivity index is 1.69. The number of non-ortho nitro benzene ring substituents is 1. The molecule has 2 amide bonds. The Morgan fingerprint density at radius 1 is 1.33 bits per heavy atom. The number of anilines is 1. The number of carbonyl (C=O) groups excluding carboxylic acids is 1. The minimum Gasteiger partial charge on any atom is -0.345 e. The summed E-state index contributed by atoms with van der Waals surface area (Å²) in [6, 6.07) is 4.79. The Morgan fingerprint density at radius 2 is 2.04 bits per heavy atom. The Labute approximate surface area is 143 Å². The average Bonchev–Trinajstić information content (AvgIpc) is 2.97. The summed E-state index contributed by atoms with van der Waals surface area (Å²) in [6.07, 6.45) is 0. The van der Waals surface area contributed by atoms with Crippen molar-refractivity contribution in [3.63, 3.8) is 0 Å². The summed E-state index contributed by atoms with van der Waals surface area (Å²) >= 11 is 1.45. The van der Waals surface area contributed by atoms with Gasteiger partial charge in [-0.3, -0.25) is 10.1 Å². The van der Waals surface area contributed by atoms with Crippen LogP contribution in [-0.2, 0) is 0 Å². The lowest BCUT2D eigenvalue weighted by atomic mass is 10.3. The van der Waals surface area contributed by atoms with Crippen LogP contribution in [0.2, 0.25) is 0 Å². The number of piperazine rings is 1. The third kappa shape index (κ3) is 3.40. The van der Waals surface area contributed by atoms with Gasteiger partial charge in [0.25, 0.3) is 5.69 Å². The lowest BCUT2D eigenvalue weighted by molar-refractivity contribution is -0.384. The van der Waals surface area contributed by atoms with Crippen molar-refractivity contribution in [3.05, 3.63) is 28.3 Å². The van der Waals surface area contributed by atoms with Gasteiger partial charge in [0.15, 0.2) is 5.13 Å². The first-order chi connectivity index (χ1) is 11.4. The first-order valence-corrected chi connectivity index (χ1v) is 8.61. The number of nitro groups is 1. The third-order valence-corrected chi connectivity index (χ3v) is 4.90. The van der Waals surface area contributed by atoms with Crippen molar-refractivity contribution in [1.29, 1.82) is 0 Å². The van der Waals surface area contributed by atoms with E-state index in [0.717, 1.165) is 15.3 Å². The number of amides is 2. The molecule has 0 spiro atoms. The van der Waals surface area contributed by atoms with Crippen LogP contribution < -0.4 is 10.2 Å². The predicted octanol–water partition coefficient (Wildman–Crippen LogP) is 2.44. The second-order valence-corrected chi connectivity index (χ2v) is 6.99. The Bertz CT molecular complexity index is 768. The van der Waals surface area contributed by atoms with Gasteiger partial charge in [0.2, 0.25) is 0 Å². The summed E-state index contributed by atoms with van der Waals surface area (Å²) < 4.78 is 0.805. The zero-order valence-electron chi connectivity index (χ0n) is 13.6. The number of benzene rings is 1. The van der Waals surface area contributed by atoms with Gasteiger partial charge in [-0.15, -0.1) is 0 Å². The fraction of sp³-hybridized carbons (Fsp3) is 0.467. The molecule has 0 saturated carbocycles. The molecule has 1 aliphatic rings. The van der Waals surface area contributed by atoms with Crippen LogP contribution in [-0.4, -0.2) is 53.1 Å². The summed E-state index contributed by atoms with van der Waals surface area (Å²) in [6.45, 7) is 6.55. The molecule has 1 aromatic heterocycles. The molecule has 0 atom stereocenters. The SMILES string of the molecule is CC(C)NC(=O)N1CCN(c2nc3ccc([N+](=O)[O-])cc3s2)CC1. The highest BCUT2D eigenvalue weighted by Crippen LogP contribution is 2.31. The first kappa shape index (κ1) is 16.4. The van der Waals surface area contributed by atoms with Crippen LogP contribution in [0.3, 0.4) is 0 Å². The van der Waals surface area contributed by atoms with Crippen LogP contribution in [0.25, 0.3) is 10.2 Å². The normalized spacial score (nSPS) is 15.1. The molecule has 128 valence electrons. The summed E-state index contributed by atoms with van der Waals surface area (Å²) in [5, 5.41) is 14.6. The summed E-state index contributed by atoms with van der Waals surface area (Å²) in [5.41, 5.74) is 0.841. The maximum absolute atomic E-state index is 12.0. The first-order valence-electron chi connectivity index (χ1n) is 7.79. The highest BCUT2D eigenvalue weighted by molar-refractivity contribution is 7.22. The molecule has 1 aromatic carbocycles. The van der Waals surface area contributed by atoms with E-state index in [0.29, 0.717) is 26.2 Å². The summed E-state index contributed by atoms with van der Waals surface area (Å²) in [4.78, 5) is 31.0. The minimum absolute atomic E-state index is 0.0374. The van der Waals surface area contributed by atoms with Crippen LogP contribution in [0.15, 0.2) is 18.2 Å². The quantitative estimate of drug-likeness (QED) is 0.679. The van der Waals surface area contributed by atoms with E-state index in [1.54, 1.807) is 17.0 Å². The monoisotopic (exact) mass is 349 g/mol. The smallest absolute Gasteiger partial charge is 0.317 e. The average molecular weight is 349 g/mol. The van der Waals surface area contributed by atoms with Crippen molar-refractivity contribution < 1.29 is 9.72 Å². The second kappa shape index (κ2) is 6.60. The number of nitro benzene ring substituents is 1. The van der Waals surface area contributed by atoms with Gasteiger partial charge in [-0.2, -0.15) is 0 Å².